The van der Waals surface area contributed by atoms with Crippen molar-refractivity contribution >= 4 is 14.7 Å². The molecule has 0 aromatic rings. The maximum Gasteiger partial charge on any atom is 0.333 e. The van der Waals surface area contributed by atoms with Crippen molar-refractivity contribution in [3.8, 4) is 0 Å². The summed E-state index contributed by atoms with van der Waals surface area (Å²) in [6.07, 6.45) is 13.3. The van der Waals surface area contributed by atoms with Gasteiger partial charge in [-0.05, 0) is 6.42 Å². The monoisotopic (exact) mass is 344 g/mol. The lowest BCUT2D eigenvalue weighted by Gasteiger charge is -2.14. The van der Waals surface area contributed by atoms with E-state index in [0.29, 0.717) is 12.2 Å². The predicted molar refractivity (Wildman–Crippen MR) is 89.3 cm³/mol. The number of carbonyl (C=O) groups is 1. The molecule has 0 aliphatic carbocycles. The summed E-state index contributed by atoms with van der Waals surface area (Å²) in [5.41, 5.74) is 0.588. The third-order valence-corrected chi connectivity index (χ3v) is 4.11. The molecule has 5 nitrogen and oxygen atoms in total. The standard InChI is InChI=1S/C17H29O5P/c1-2-3-4-5-6-7-8-9-10-11-12-20-17-15(14-21-23-19)13-16(18)22-17/h13,17H,2-12,14H2,1H3. The molecule has 0 aromatic carbocycles. The molecule has 1 heterocycles. The predicted octanol–water partition coefficient (Wildman–Crippen LogP) is 4.96. The summed E-state index contributed by atoms with van der Waals surface area (Å²) in [6.45, 7) is 2.88. The molecule has 0 spiro atoms. The Morgan fingerprint density at radius 2 is 1.65 bits per heavy atom. The zero-order valence-electron chi connectivity index (χ0n) is 14.1. The van der Waals surface area contributed by atoms with Gasteiger partial charge in [-0.15, -0.1) is 0 Å². The number of hydrogen-bond acceptors (Lipinski definition) is 5. The lowest BCUT2D eigenvalue weighted by molar-refractivity contribution is -0.159. The summed E-state index contributed by atoms with van der Waals surface area (Å²) in [4.78, 5) is 11.2. The van der Waals surface area contributed by atoms with Crippen molar-refractivity contribution in [2.45, 2.75) is 77.4 Å². The molecular weight excluding hydrogens is 315 g/mol. The molecule has 1 rings (SSSR count). The lowest BCUT2D eigenvalue weighted by atomic mass is 10.1. The normalized spacial score (nSPS) is 17.5. The molecule has 0 bridgehead atoms. The fourth-order valence-corrected chi connectivity index (χ4v) is 2.77. The molecule has 23 heavy (non-hydrogen) atoms. The van der Waals surface area contributed by atoms with Gasteiger partial charge in [-0.3, -0.25) is 4.52 Å². The second-order valence-electron chi connectivity index (χ2n) is 5.89. The topological polar surface area (TPSA) is 61.8 Å². The van der Waals surface area contributed by atoms with Gasteiger partial charge in [-0.2, -0.15) is 0 Å². The molecule has 0 radical (unpaired) electrons. The van der Waals surface area contributed by atoms with Gasteiger partial charge in [0, 0.05) is 11.6 Å². The van der Waals surface area contributed by atoms with Crippen LogP contribution < -0.4 is 0 Å². The van der Waals surface area contributed by atoms with Crippen molar-refractivity contribution < 1.29 is 23.4 Å². The molecule has 0 fully saturated rings. The second-order valence-corrected chi connectivity index (χ2v) is 6.30. The number of rotatable bonds is 15. The molecule has 1 aliphatic rings. The van der Waals surface area contributed by atoms with Crippen LogP contribution in [0.3, 0.4) is 0 Å². The molecule has 1 unspecified atom stereocenters. The van der Waals surface area contributed by atoms with E-state index in [1.165, 1.54) is 57.4 Å². The minimum absolute atomic E-state index is 0.0828. The molecule has 132 valence electrons. The summed E-state index contributed by atoms with van der Waals surface area (Å²) < 4.78 is 25.6. The molecule has 1 atom stereocenters. The van der Waals surface area contributed by atoms with Gasteiger partial charge >= 0.3 is 14.7 Å². The van der Waals surface area contributed by atoms with Gasteiger partial charge in [0.05, 0.1) is 13.2 Å². The zero-order chi connectivity index (χ0) is 16.8. The fourth-order valence-electron chi connectivity index (χ4n) is 2.57. The largest absolute Gasteiger partial charge is 0.428 e. The van der Waals surface area contributed by atoms with Crippen molar-refractivity contribution in [1.82, 2.24) is 0 Å². The van der Waals surface area contributed by atoms with E-state index in [-0.39, 0.29) is 6.61 Å². The van der Waals surface area contributed by atoms with Crippen LogP contribution in [0.2, 0.25) is 0 Å². The summed E-state index contributed by atoms with van der Waals surface area (Å²) in [5.74, 6) is -0.431. The Morgan fingerprint density at radius 1 is 1.04 bits per heavy atom. The molecule has 6 heteroatoms. The highest BCUT2D eigenvalue weighted by molar-refractivity contribution is 7.17. The van der Waals surface area contributed by atoms with E-state index < -0.39 is 20.9 Å². The first-order chi connectivity index (χ1) is 11.3. The van der Waals surface area contributed by atoms with Crippen LogP contribution in [-0.2, 0) is 23.4 Å². The maximum absolute atomic E-state index is 11.2. The van der Waals surface area contributed by atoms with Crippen molar-refractivity contribution in [3.05, 3.63) is 11.6 Å². The van der Waals surface area contributed by atoms with Crippen LogP contribution in [0, 0.1) is 0 Å². The summed E-state index contributed by atoms with van der Waals surface area (Å²) >= 11 is 0. The smallest absolute Gasteiger partial charge is 0.333 e. The quantitative estimate of drug-likeness (QED) is 0.239. The van der Waals surface area contributed by atoms with Crippen LogP contribution in [0.4, 0.5) is 0 Å². The van der Waals surface area contributed by atoms with Gasteiger partial charge in [0.15, 0.2) is 0 Å². The zero-order valence-corrected chi connectivity index (χ0v) is 15.0. The Bertz CT molecular complexity index is 370. The van der Waals surface area contributed by atoms with Crippen LogP contribution in [0.1, 0.15) is 71.1 Å². The van der Waals surface area contributed by atoms with Crippen LogP contribution >= 0.6 is 8.69 Å². The minimum Gasteiger partial charge on any atom is -0.428 e. The number of ether oxygens (including phenoxy) is 2. The third-order valence-electron chi connectivity index (χ3n) is 3.88. The van der Waals surface area contributed by atoms with Gasteiger partial charge in [-0.25, -0.2) is 9.36 Å². The lowest BCUT2D eigenvalue weighted by Crippen LogP contribution is -2.19. The van der Waals surface area contributed by atoms with Gasteiger partial charge in [0.2, 0.25) is 6.29 Å². The van der Waals surface area contributed by atoms with Gasteiger partial charge in [0.25, 0.3) is 0 Å². The van der Waals surface area contributed by atoms with E-state index in [9.17, 15) is 9.36 Å². The number of unbranched alkanes of at least 4 members (excludes halogenated alkanes) is 9. The summed E-state index contributed by atoms with van der Waals surface area (Å²) in [7, 11) is -0.411. The highest BCUT2D eigenvalue weighted by atomic mass is 31.1. The molecule has 0 saturated heterocycles. The Morgan fingerprint density at radius 3 is 2.26 bits per heavy atom. The average Bonchev–Trinajstić information content (AvgIpc) is 2.90. The molecule has 0 N–H and O–H groups in total. The van der Waals surface area contributed by atoms with Crippen molar-refractivity contribution in [1.29, 1.82) is 0 Å². The third kappa shape index (κ3) is 9.85. The minimum atomic E-state index is -0.678. The highest BCUT2D eigenvalue weighted by Gasteiger charge is 2.26. The highest BCUT2D eigenvalue weighted by Crippen LogP contribution is 2.19. The van der Waals surface area contributed by atoms with Crippen molar-refractivity contribution in [3.63, 3.8) is 0 Å². The van der Waals surface area contributed by atoms with E-state index in [0.717, 1.165) is 12.8 Å². The van der Waals surface area contributed by atoms with Crippen LogP contribution in [-0.4, -0.2) is 25.5 Å². The number of hydrogen-bond donors (Lipinski definition) is 0. The average molecular weight is 344 g/mol. The molecule has 0 saturated carbocycles. The van der Waals surface area contributed by atoms with E-state index in [4.69, 9.17) is 14.0 Å². The van der Waals surface area contributed by atoms with Crippen LogP contribution in [0.25, 0.3) is 0 Å². The van der Waals surface area contributed by atoms with Crippen LogP contribution in [0.5, 0.6) is 0 Å². The molecule has 0 amide bonds. The Labute approximate surface area is 141 Å². The van der Waals surface area contributed by atoms with E-state index in [1.54, 1.807) is 0 Å². The first-order valence-electron chi connectivity index (χ1n) is 8.75. The Kier molecular flexibility index (Phi) is 12.0. The van der Waals surface area contributed by atoms with Gasteiger partial charge < -0.3 is 9.47 Å². The SMILES string of the molecule is CCCCCCCCCCCCOC1OC(=O)C=C1COP=O. The van der Waals surface area contributed by atoms with Crippen LogP contribution in [0.15, 0.2) is 11.6 Å². The Hall–Kier alpha value is -0.770. The van der Waals surface area contributed by atoms with E-state index in [1.807, 2.05) is 0 Å². The maximum atomic E-state index is 11.2. The molecule has 0 aromatic heterocycles. The Balaban J connectivity index is 1.95. The van der Waals surface area contributed by atoms with Crippen molar-refractivity contribution in [2.24, 2.45) is 0 Å². The summed E-state index contributed by atoms with van der Waals surface area (Å²) in [6, 6.07) is 0. The molecular formula is C17H29O5P. The number of cyclic esters (lactones) is 1. The van der Waals surface area contributed by atoms with E-state index >= 15 is 0 Å². The first kappa shape index (κ1) is 20.3. The number of esters is 1. The summed E-state index contributed by atoms with van der Waals surface area (Å²) in [5, 5.41) is 0. The van der Waals surface area contributed by atoms with E-state index in [2.05, 4.69) is 6.92 Å². The first-order valence-corrected chi connectivity index (χ1v) is 9.48. The second kappa shape index (κ2) is 13.6. The molecule has 1 aliphatic heterocycles. The van der Waals surface area contributed by atoms with Gasteiger partial charge in [-0.1, -0.05) is 64.7 Å². The fraction of sp³-hybridized carbons (Fsp3) is 0.824. The van der Waals surface area contributed by atoms with Crippen molar-refractivity contribution in [2.75, 3.05) is 13.2 Å². The number of carbonyl (C=O) groups excluding carboxylic acids is 1. The van der Waals surface area contributed by atoms with Gasteiger partial charge in [0.1, 0.15) is 0 Å².